The Balaban J connectivity index is 1.95. The highest BCUT2D eigenvalue weighted by Crippen LogP contribution is 2.32. The predicted molar refractivity (Wildman–Crippen MR) is 129 cm³/mol. The van der Waals surface area contributed by atoms with E-state index >= 15 is 0 Å². The van der Waals surface area contributed by atoms with E-state index in [-0.39, 0.29) is 21.6 Å². The minimum absolute atomic E-state index is 0.115. The molecule has 0 spiro atoms. The molecule has 0 aromatic heterocycles. The van der Waals surface area contributed by atoms with Crippen LogP contribution in [0.3, 0.4) is 0 Å². The van der Waals surface area contributed by atoms with E-state index in [9.17, 15) is 18.0 Å². The molecule has 0 aliphatic rings. The third kappa shape index (κ3) is 6.00. The van der Waals surface area contributed by atoms with Crippen molar-refractivity contribution in [1.29, 1.82) is 0 Å². The average molecular weight is 483 g/mol. The summed E-state index contributed by atoms with van der Waals surface area (Å²) in [4.78, 5) is 24.7. The first-order chi connectivity index (χ1) is 15.9. The summed E-state index contributed by atoms with van der Waals surface area (Å²) in [5.74, 6) is -0.237. The van der Waals surface area contributed by atoms with Crippen LogP contribution >= 0.6 is 0 Å². The van der Waals surface area contributed by atoms with Crippen molar-refractivity contribution >= 4 is 27.6 Å². The molecule has 0 saturated carbocycles. The second-order valence-electron chi connectivity index (χ2n) is 8.61. The number of hydrogen-bond acceptors (Lipinski definition) is 6. The maximum absolute atomic E-state index is 13.1. The number of methoxy groups -OCH3 is 1. The minimum Gasteiger partial charge on any atom is -0.465 e. The van der Waals surface area contributed by atoms with Gasteiger partial charge in [0, 0.05) is 5.69 Å². The van der Waals surface area contributed by atoms with Crippen LogP contribution < -0.4 is 15.2 Å². The van der Waals surface area contributed by atoms with E-state index in [4.69, 9.17) is 14.6 Å². The summed E-state index contributed by atoms with van der Waals surface area (Å²) in [5.41, 5.74) is 1.62. The molecule has 1 amide bonds. The molecule has 0 atom stereocenters. The molecule has 0 unspecified atom stereocenters. The van der Waals surface area contributed by atoms with Gasteiger partial charge in [-0.2, -0.15) is 0 Å². The Kier molecular flexibility index (Phi) is 7.09. The van der Waals surface area contributed by atoms with Gasteiger partial charge in [0.25, 0.3) is 5.91 Å². The lowest BCUT2D eigenvalue weighted by Gasteiger charge is -2.21. The number of carbonyl (C=O) groups is 2. The number of amides is 1. The Morgan fingerprint density at radius 2 is 1.62 bits per heavy atom. The van der Waals surface area contributed by atoms with Gasteiger partial charge in [-0.25, -0.2) is 18.4 Å². The van der Waals surface area contributed by atoms with Crippen molar-refractivity contribution in [2.24, 2.45) is 5.14 Å². The van der Waals surface area contributed by atoms with Crippen molar-refractivity contribution in [3.05, 3.63) is 83.4 Å². The van der Waals surface area contributed by atoms with Crippen LogP contribution in [-0.2, 0) is 20.2 Å². The average Bonchev–Trinajstić information content (AvgIpc) is 2.78. The summed E-state index contributed by atoms with van der Waals surface area (Å²) in [7, 11) is -2.62. The molecule has 0 fully saturated rings. The largest absolute Gasteiger partial charge is 0.465 e. The highest BCUT2D eigenvalue weighted by molar-refractivity contribution is 7.89. The highest BCUT2D eigenvalue weighted by Gasteiger charge is 2.20. The zero-order valence-electron chi connectivity index (χ0n) is 19.3. The van der Waals surface area contributed by atoms with Crippen LogP contribution in [0.25, 0.3) is 0 Å². The number of hydrogen-bond donors (Lipinski definition) is 2. The molecule has 3 aromatic carbocycles. The Hall–Kier alpha value is -3.69. The molecule has 0 aliphatic heterocycles. The molecular weight excluding hydrogens is 456 g/mol. The minimum atomic E-state index is -3.92. The van der Waals surface area contributed by atoms with Crippen LogP contribution in [0.15, 0.2) is 71.6 Å². The number of benzene rings is 3. The molecule has 0 aliphatic carbocycles. The molecule has 3 N–H and O–H groups in total. The first kappa shape index (κ1) is 24.9. The second kappa shape index (κ2) is 9.66. The van der Waals surface area contributed by atoms with Crippen molar-refractivity contribution in [2.45, 2.75) is 31.1 Å². The number of rotatable bonds is 6. The van der Waals surface area contributed by atoms with E-state index in [1.54, 1.807) is 42.5 Å². The van der Waals surface area contributed by atoms with Gasteiger partial charge in [-0.15, -0.1) is 0 Å². The molecule has 34 heavy (non-hydrogen) atoms. The number of nitrogens with two attached hydrogens (primary N) is 1. The molecule has 0 radical (unpaired) electrons. The van der Waals surface area contributed by atoms with Gasteiger partial charge in [-0.1, -0.05) is 32.9 Å². The van der Waals surface area contributed by atoms with Crippen LogP contribution in [0.2, 0.25) is 0 Å². The fourth-order valence-electron chi connectivity index (χ4n) is 3.11. The standard InChI is InChI=1S/C25H26N2O6S/c1-25(2,3)17-10-13-21(23(28)27-18-6-5-7-20(15-18)34(26,30)31)22(14-17)33-19-11-8-16(9-12-19)24(29)32-4/h5-15H,1-4H3,(H,27,28)(H2,26,30,31). The van der Waals surface area contributed by atoms with Crippen LogP contribution in [-0.4, -0.2) is 27.4 Å². The second-order valence-corrected chi connectivity index (χ2v) is 10.2. The summed E-state index contributed by atoms with van der Waals surface area (Å²) in [5, 5.41) is 7.87. The number of ether oxygens (including phenoxy) is 2. The number of primary sulfonamides is 1. The number of sulfonamides is 1. The van der Waals surface area contributed by atoms with Crippen molar-refractivity contribution < 1.29 is 27.5 Å². The van der Waals surface area contributed by atoms with Crippen molar-refractivity contribution in [3.8, 4) is 11.5 Å². The molecule has 0 bridgehead atoms. The monoisotopic (exact) mass is 482 g/mol. The molecule has 0 heterocycles. The number of esters is 1. The van der Waals surface area contributed by atoms with Crippen LogP contribution in [0, 0.1) is 0 Å². The fraction of sp³-hybridized carbons (Fsp3) is 0.200. The Labute approximate surface area is 198 Å². The lowest BCUT2D eigenvalue weighted by Crippen LogP contribution is -2.17. The van der Waals surface area contributed by atoms with Gasteiger partial charge in [-0.05, 0) is 65.6 Å². The van der Waals surface area contributed by atoms with Gasteiger partial charge in [0.05, 0.1) is 23.1 Å². The number of carbonyl (C=O) groups excluding carboxylic acids is 2. The third-order valence-electron chi connectivity index (χ3n) is 5.02. The van der Waals surface area contributed by atoms with Gasteiger partial charge in [-0.3, -0.25) is 4.79 Å². The predicted octanol–water partition coefficient (Wildman–Crippen LogP) is 4.46. The van der Waals surface area contributed by atoms with Gasteiger partial charge in [0.15, 0.2) is 0 Å². The first-order valence-corrected chi connectivity index (χ1v) is 11.9. The Morgan fingerprint density at radius 1 is 0.941 bits per heavy atom. The molecule has 8 nitrogen and oxygen atoms in total. The van der Waals surface area contributed by atoms with Gasteiger partial charge in [0.2, 0.25) is 10.0 Å². The smallest absolute Gasteiger partial charge is 0.337 e. The van der Waals surface area contributed by atoms with E-state index in [1.807, 2.05) is 26.8 Å². The van der Waals surface area contributed by atoms with Gasteiger partial charge in [0.1, 0.15) is 11.5 Å². The SMILES string of the molecule is COC(=O)c1ccc(Oc2cc(C(C)(C)C)ccc2C(=O)Nc2cccc(S(N)(=O)=O)c2)cc1. The molecule has 3 rings (SSSR count). The van der Waals surface area contributed by atoms with E-state index in [1.165, 1.54) is 25.3 Å². The maximum atomic E-state index is 13.1. The summed E-state index contributed by atoms with van der Waals surface area (Å²) >= 11 is 0. The number of anilines is 1. The lowest BCUT2D eigenvalue weighted by molar-refractivity contribution is 0.0600. The first-order valence-electron chi connectivity index (χ1n) is 10.3. The Morgan fingerprint density at radius 3 is 2.21 bits per heavy atom. The van der Waals surface area contributed by atoms with E-state index in [0.29, 0.717) is 17.1 Å². The van der Waals surface area contributed by atoms with Crippen molar-refractivity contribution in [1.82, 2.24) is 0 Å². The summed E-state index contributed by atoms with van der Waals surface area (Å²) in [6, 6.07) is 17.3. The van der Waals surface area contributed by atoms with E-state index in [2.05, 4.69) is 5.32 Å². The highest BCUT2D eigenvalue weighted by atomic mass is 32.2. The normalized spacial score (nSPS) is 11.6. The molecule has 3 aromatic rings. The van der Waals surface area contributed by atoms with Crippen LogP contribution in [0.4, 0.5) is 5.69 Å². The van der Waals surface area contributed by atoms with Crippen LogP contribution in [0.1, 0.15) is 47.1 Å². The molecule has 0 saturated heterocycles. The topological polar surface area (TPSA) is 125 Å². The lowest BCUT2D eigenvalue weighted by atomic mass is 9.86. The van der Waals surface area contributed by atoms with Crippen molar-refractivity contribution in [2.75, 3.05) is 12.4 Å². The van der Waals surface area contributed by atoms with Crippen molar-refractivity contribution in [3.63, 3.8) is 0 Å². The fourth-order valence-corrected chi connectivity index (χ4v) is 3.67. The number of nitrogens with one attached hydrogen (secondary N) is 1. The van der Waals surface area contributed by atoms with Crippen LogP contribution in [0.5, 0.6) is 11.5 Å². The molecular formula is C25H26N2O6S. The summed E-state index contributed by atoms with van der Waals surface area (Å²) < 4.78 is 34.0. The molecule has 178 valence electrons. The zero-order valence-corrected chi connectivity index (χ0v) is 20.1. The summed E-state index contributed by atoms with van der Waals surface area (Å²) in [6.07, 6.45) is 0. The maximum Gasteiger partial charge on any atom is 0.337 e. The van der Waals surface area contributed by atoms with Gasteiger partial charge < -0.3 is 14.8 Å². The van der Waals surface area contributed by atoms with E-state index < -0.39 is 21.9 Å². The van der Waals surface area contributed by atoms with Gasteiger partial charge >= 0.3 is 5.97 Å². The Bertz CT molecular complexity index is 1330. The summed E-state index contributed by atoms with van der Waals surface area (Å²) in [6.45, 7) is 6.11. The quantitative estimate of drug-likeness (QED) is 0.500. The molecule has 9 heteroatoms. The zero-order chi connectivity index (χ0) is 25.1. The third-order valence-corrected chi connectivity index (χ3v) is 5.93. The van der Waals surface area contributed by atoms with E-state index in [0.717, 1.165) is 5.56 Å².